The van der Waals surface area contributed by atoms with Crippen molar-refractivity contribution in [1.29, 1.82) is 0 Å². The van der Waals surface area contributed by atoms with Crippen LogP contribution < -0.4 is 4.74 Å². The maximum absolute atomic E-state index is 11.3. The predicted molar refractivity (Wildman–Crippen MR) is 81.9 cm³/mol. The second kappa shape index (κ2) is 6.51. The first-order chi connectivity index (χ1) is 8.33. The lowest BCUT2D eigenvalue weighted by atomic mass is 10.3. The van der Waals surface area contributed by atoms with E-state index in [4.69, 9.17) is 4.74 Å². The van der Waals surface area contributed by atoms with Gasteiger partial charge in [-0.1, -0.05) is 19.6 Å². The molecule has 0 atom stereocenters. The molecule has 0 radical (unpaired) electrons. The molecule has 0 spiro atoms. The molecule has 4 nitrogen and oxygen atoms in total. The zero-order valence-electron chi connectivity index (χ0n) is 11.1. The number of aromatic nitrogens is 1. The second-order valence-corrected chi connectivity index (χ2v) is 11.9. The Bertz CT molecular complexity index is 432. The van der Waals surface area contributed by atoms with Crippen LogP contribution in [-0.2, 0) is 4.74 Å². The van der Waals surface area contributed by atoms with Crippen molar-refractivity contribution < 1.29 is 14.3 Å². The zero-order chi connectivity index (χ0) is 13.8. The molecule has 0 amide bonds. The average molecular weight is 379 g/mol. The van der Waals surface area contributed by atoms with Crippen LogP contribution >= 0.6 is 22.6 Å². The van der Waals surface area contributed by atoms with Crippen LogP contribution in [0, 0.1) is 3.57 Å². The number of nitrogens with zero attached hydrogens (tertiary/aromatic N) is 1. The number of halogens is 1. The first-order valence-corrected chi connectivity index (χ1v) is 10.5. The minimum absolute atomic E-state index is 0.380. The molecular formula is C12H18INO3Si. The van der Waals surface area contributed by atoms with Gasteiger partial charge in [-0.05, 0) is 34.7 Å². The van der Waals surface area contributed by atoms with E-state index in [1.165, 1.54) is 13.3 Å². The van der Waals surface area contributed by atoms with Gasteiger partial charge < -0.3 is 9.47 Å². The summed E-state index contributed by atoms with van der Waals surface area (Å²) in [6, 6.07) is 2.81. The fourth-order valence-electron chi connectivity index (χ4n) is 1.21. The number of hydrogen-bond donors (Lipinski definition) is 0. The summed E-state index contributed by atoms with van der Waals surface area (Å²) in [5.41, 5.74) is 0.444. The van der Waals surface area contributed by atoms with Crippen LogP contribution in [0.1, 0.15) is 10.4 Å². The van der Waals surface area contributed by atoms with Gasteiger partial charge >= 0.3 is 5.97 Å². The number of rotatable bonds is 5. The standard InChI is InChI=1S/C12H18INO3Si/c1-16-12(15)9-7-10(13)11(14-8-9)17-5-6-18(2,3)4/h7-8H,5-6H2,1-4H3. The van der Waals surface area contributed by atoms with Gasteiger partial charge in [-0.25, -0.2) is 9.78 Å². The van der Waals surface area contributed by atoms with Crippen LogP contribution in [0.25, 0.3) is 0 Å². The van der Waals surface area contributed by atoms with Crippen molar-refractivity contribution in [1.82, 2.24) is 4.98 Å². The van der Waals surface area contributed by atoms with Crippen molar-refractivity contribution in [2.45, 2.75) is 25.7 Å². The molecule has 0 N–H and O–H groups in total. The molecule has 18 heavy (non-hydrogen) atoms. The summed E-state index contributed by atoms with van der Waals surface area (Å²) in [5, 5.41) is 0. The van der Waals surface area contributed by atoms with Crippen molar-refractivity contribution >= 4 is 36.6 Å². The Morgan fingerprint density at radius 2 is 2.11 bits per heavy atom. The van der Waals surface area contributed by atoms with E-state index in [0.717, 1.165) is 9.61 Å². The van der Waals surface area contributed by atoms with Crippen LogP contribution in [0.15, 0.2) is 12.3 Å². The second-order valence-electron chi connectivity index (χ2n) is 5.16. The molecule has 0 aliphatic heterocycles. The molecule has 1 aromatic rings. The van der Waals surface area contributed by atoms with E-state index < -0.39 is 8.07 Å². The third kappa shape index (κ3) is 4.93. The summed E-state index contributed by atoms with van der Waals surface area (Å²) < 4.78 is 11.1. The fourth-order valence-corrected chi connectivity index (χ4v) is 2.56. The molecule has 1 aromatic heterocycles. The zero-order valence-corrected chi connectivity index (χ0v) is 14.3. The first-order valence-electron chi connectivity index (χ1n) is 5.70. The smallest absolute Gasteiger partial charge is 0.339 e. The van der Waals surface area contributed by atoms with E-state index in [-0.39, 0.29) is 5.97 Å². The van der Waals surface area contributed by atoms with E-state index in [9.17, 15) is 4.79 Å². The Balaban J connectivity index is 2.66. The number of ether oxygens (including phenoxy) is 2. The Kier molecular flexibility index (Phi) is 5.58. The van der Waals surface area contributed by atoms with E-state index >= 15 is 0 Å². The van der Waals surface area contributed by atoms with Crippen molar-refractivity contribution in [3.05, 3.63) is 21.4 Å². The van der Waals surface area contributed by atoms with Crippen LogP contribution in [0.2, 0.25) is 25.7 Å². The highest BCUT2D eigenvalue weighted by Gasteiger charge is 2.14. The molecule has 1 rings (SSSR count). The quantitative estimate of drug-likeness (QED) is 0.448. The van der Waals surface area contributed by atoms with Crippen LogP contribution in [0.4, 0.5) is 0 Å². The third-order valence-electron chi connectivity index (χ3n) is 2.32. The highest BCUT2D eigenvalue weighted by molar-refractivity contribution is 14.1. The van der Waals surface area contributed by atoms with Gasteiger partial charge in [0, 0.05) is 14.3 Å². The van der Waals surface area contributed by atoms with Gasteiger partial charge in [0.1, 0.15) is 0 Å². The molecule has 0 unspecified atom stereocenters. The lowest BCUT2D eigenvalue weighted by Crippen LogP contribution is -2.22. The molecular weight excluding hydrogens is 361 g/mol. The van der Waals surface area contributed by atoms with Crippen molar-refractivity contribution in [3.63, 3.8) is 0 Å². The van der Waals surface area contributed by atoms with E-state index in [1.807, 2.05) is 0 Å². The summed E-state index contributed by atoms with van der Waals surface area (Å²) in [4.78, 5) is 15.5. The lowest BCUT2D eigenvalue weighted by Gasteiger charge is -2.16. The Hall–Kier alpha value is -0.633. The number of carbonyl (C=O) groups excluding carboxylic acids is 1. The first kappa shape index (κ1) is 15.4. The van der Waals surface area contributed by atoms with Gasteiger partial charge in [0.05, 0.1) is 22.9 Å². The van der Waals surface area contributed by atoms with Gasteiger partial charge in [0.25, 0.3) is 0 Å². The molecule has 0 aliphatic carbocycles. The third-order valence-corrected chi connectivity index (χ3v) is 4.80. The monoisotopic (exact) mass is 379 g/mol. The van der Waals surface area contributed by atoms with Crippen LogP contribution in [0.3, 0.4) is 0 Å². The molecule has 0 saturated heterocycles. The van der Waals surface area contributed by atoms with Gasteiger partial charge in [0.15, 0.2) is 0 Å². The van der Waals surface area contributed by atoms with Crippen LogP contribution in [0.5, 0.6) is 5.88 Å². The maximum atomic E-state index is 11.3. The largest absolute Gasteiger partial charge is 0.477 e. The lowest BCUT2D eigenvalue weighted by molar-refractivity contribution is 0.0600. The van der Waals surface area contributed by atoms with Gasteiger partial charge in [-0.15, -0.1) is 0 Å². The fraction of sp³-hybridized carbons (Fsp3) is 0.500. The number of pyridine rings is 1. The number of hydrogen-bond acceptors (Lipinski definition) is 4. The number of carbonyl (C=O) groups is 1. The predicted octanol–water partition coefficient (Wildman–Crippen LogP) is 3.19. The summed E-state index contributed by atoms with van der Waals surface area (Å²) in [6.07, 6.45) is 1.48. The summed E-state index contributed by atoms with van der Waals surface area (Å²) in [7, 11) is 0.262. The Morgan fingerprint density at radius 3 is 2.61 bits per heavy atom. The summed E-state index contributed by atoms with van der Waals surface area (Å²) >= 11 is 2.11. The normalized spacial score (nSPS) is 11.2. The molecule has 0 bridgehead atoms. The molecule has 0 aliphatic rings. The van der Waals surface area contributed by atoms with E-state index in [1.54, 1.807) is 6.07 Å². The van der Waals surface area contributed by atoms with Gasteiger partial charge in [0.2, 0.25) is 5.88 Å². The van der Waals surface area contributed by atoms with Crippen molar-refractivity contribution in [2.24, 2.45) is 0 Å². The summed E-state index contributed by atoms with van der Waals surface area (Å²) in [6.45, 7) is 7.58. The molecule has 100 valence electrons. The van der Waals surface area contributed by atoms with E-state index in [0.29, 0.717) is 18.1 Å². The van der Waals surface area contributed by atoms with Crippen LogP contribution in [-0.4, -0.2) is 32.7 Å². The molecule has 0 saturated carbocycles. The molecule has 6 heteroatoms. The van der Waals surface area contributed by atoms with Gasteiger partial charge in [-0.2, -0.15) is 0 Å². The average Bonchev–Trinajstić information content (AvgIpc) is 2.28. The molecule has 1 heterocycles. The SMILES string of the molecule is COC(=O)c1cnc(OCC[Si](C)(C)C)c(I)c1. The minimum Gasteiger partial charge on any atom is -0.477 e. The highest BCUT2D eigenvalue weighted by Crippen LogP contribution is 2.20. The molecule has 0 fully saturated rings. The van der Waals surface area contributed by atoms with Crippen molar-refractivity contribution in [2.75, 3.05) is 13.7 Å². The highest BCUT2D eigenvalue weighted by atomic mass is 127. The topological polar surface area (TPSA) is 48.4 Å². The van der Waals surface area contributed by atoms with E-state index in [2.05, 4.69) is 52.0 Å². The number of methoxy groups -OCH3 is 1. The Morgan fingerprint density at radius 1 is 1.44 bits per heavy atom. The Labute approximate surface area is 122 Å². The van der Waals surface area contributed by atoms with Gasteiger partial charge in [-0.3, -0.25) is 0 Å². The minimum atomic E-state index is -1.09. The molecule has 0 aromatic carbocycles. The van der Waals surface area contributed by atoms with Crippen molar-refractivity contribution in [3.8, 4) is 5.88 Å². The number of esters is 1. The maximum Gasteiger partial charge on any atom is 0.339 e. The summed E-state index contributed by atoms with van der Waals surface area (Å²) in [5.74, 6) is 0.204.